The van der Waals surface area contributed by atoms with Gasteiger partial charge in [0.15, 0.2) is 5.13 Å². The lowest BCUT2D eigenvalue weighted by Crippen LogP contribution is -2.20. The molecule has 3 nitrogen and oxygen atoms in total. The second-order valence-corrected chi connectivity index (χ2v) is 5.45. The van der Waals surface area contributed by atoms with E-state index in [1.165, 1.54) is 18.5 Å². The van der Waals surface area contributed by atoms with Crippen molar-refractivity contribution in [3.63, 3.8) is 0 Å². The quantitative estimate of drug-likeness (QED) is 0.851. The smallest absolute Gasteiger partial charge is 0.185 e. The van der Waals surface area contributed by atoms with Gasteiger partial charge in [-0.25, -0.2) is 4.98 Å². The average Bonchev–Trinajstić information content (AvgIpc) is 2.84. The van der Waals surface area contributed by atoms with E-state index in [2.05, 4.69) is 15.3 Å². The summed E-state index contributed by atoms with van der Waals surface area (Å²) in [6.07, 6.45) is 3.75. The first-order chi connectivity index (χ1) is 7.36. The fraction of sp³-hybridized carbons (Fsp3) is 0.727. The number of rotatable bonds is 3. The molecular formula is C11H16N2OS. The molecule has 82 valence electrons. The highest BCUT2D eigenvalue weighted by Crippen LogP contribution is 2.41. The van der Waals surface area contributed by atoms with Crippen molar-refractivity contribution in [2.24, 2.45) is 5.92 Å². The number of aliphatic hydroxyl groups excluding tert-OH is 1. The summed E-state index contributed by atoms with van der Waals surface area (Å²) in [6.45, 7) is 2.36. The molecule has 0 aromatic carbocycles. The zero-order valence-corrected chi connectivity index (χ0v) is 9.54. The van der Waals surface area contributed by atoms with E-state index in [1.54, 1.807) is 11.3 Å². The molecule has 1 saturated carbocycles. The molecule has 0 spiro atoms. The molecule has 3 rings (SSSR count). The van der Waals surface area contributed by atoms with Gasteiger partial charge in [0.25, 0.3) is 0 Å². The van der Waals surface area contributed by atoms with Crippen LogP contribution in [0, 0.1) is 5.92 Å². The molecule has 2 aliphatic rings. The first kappa shape index (κ1) is 9.60. The van der Waals surface area contributed by atoms with Crippen LogP contribution >= 0.6 is 11.3 Å². The Morgan fingerprint density at radius 3 is 3.00 bits per heavy atom. The number of hydrogen-bond acceptors (Lipinski definition) is 4. The summed E-state index contributed by atoms with van der Waals surface area (Å²) in [4.78, 5) is 7.00. The normalized spacial score (nSPS) is 26.2. The van der Waals surface area contributed by atoms with Crippen LogP contribution in [0.4, 0.5) is 5.13 Å². The molecule has 0 amide bonds. The third-order valence-electron chi connectivity index (χ3n) is 3.32. The minimum atomic E-state index is 0.317. The monoisotopic (exact) mass is 224 g/mol. The lowest BCUT2D eigenvalue weighted by Gasteiger charge is -2.13. The van der Waals surface area contributed by atoms with Crippen LogP contribution < -0.4 is 4.90 Å². The van der Waals surface area contributed by atoms with Crippen molar-refractivity contribution in [2.45, 2.75) is 25.2 Å². The maximum atomic E-state index is 9.09. The van der Waals surface area contributed by atoms with E-state index in [9.17, 15) is 0 Å². The summed E-state index contributed by atoms with van der Waals surface area (Å²) in [5.41, 5.74) is 1.29. The summed E-state index contributed by atoms with van der Waals surface area (Å²) in [5.74, 6) is 1.21. The largest absolute Gasteiger partial charge is 0.396 e. The van der Waals surface area contributed by atoms with Crippen LogP contribution in [0.2, 0.25) is 0 Å². The van der Waals surface area contributed by atoms with Crippen molar-refractivity contribution in [1.82, 2.24) is 4.98 Å². The molecule has 4 heteroatoms. The predicted molar refractivity (Wildman–Crippen MR) is 61.5 cm³/mol. The van der Waals surface area contributed by atoms with Crippen LogP contribution in [0.5, 0.6) is 0 Å². The van der Waals surface area contributed by atoms with Crippen molar-refractivity contribution in [2.75, 3.05) is 24.6 Å². The molecule has 0 radical (unpaired) electrons. The van der Waals surface area contributed by atoms with E-state index in [1.807, 2.05) is 0 Å². The van der Waals surface area contributed by atoms with Gasteiger partial charge in [-0.05, 0) is 19.3 Å². The highest BCUT2D eigenvalue weighted by atomic mass is 32.1. The molecule has 0 bridgehead atoms. The number of anilines is 1. The van der Waals surface area contributed by atoms with Crippen LogP contribution in [0.25, 0.3) is 0 Å². The van der Waals surface area contributed by atoms with E-state index in [0.717, 1.165) is 30.6 Å². The molecule has 1 atom stereocenters. The second-order valence-electron chi connectivity index (χ2n) is 4.61. The van der Waals surface area contributed by atoms with Crippen molar-refractivity contribution in [3.05, 3.63) is 11.1 Å². The molecular weight excluding hydrogens is 208 g/mol. The highest BCUT2D eigenvalue weighted by molar-refractivity contribution is 7.13. The Morgan fingerprint density at radius 1 is 1.47 bits per heavy atom. The average molecular weight is 224 g/mol. The van der Waals surface area contributed by atoms with Crippen molar-refractivity contribution in [3.8, 4) is 0 Å². The fourth-order valence-corrected chi connectivity index (χ4v) is 3.09. The van der Waals surface area contributed by atoms with E-state index in [4.69, 9.17) is 5.11 Å². The Labute approximate surface area is 93.8 Å². The van der Waals surface area contributed by atoms with Gasteiger partial charge < -0.3 is 10.0 Å². The lowest BCUT2D eigenvalue weighted by atomic mass is 10.1. The minimum absolute atomic E-state index is 0.317. The van der Waals surface area contributed by atoms with Gasteiger partial charge in [-0.15, -0.1) is 11.3 Å². The number of aromatic nitrogens is 1. The van der Waals surface area contributed by atoms with Crippen LogP contribution in [0.15, 0.2) is 5.38 Å². The van der Waals surface area contributed by atoms with Gasteiger partial charge in [0.05, 0.1) is 5.69 Å². The van der Waals surface area contributed by atoms with Crippen molar-refractivity contribution in [1.29, 1.82) is 0 Å². The fourth-order valence-electron chi connectivity index (χ4n) is 2.14. The van der Waals surface area contributed by atoms with Crippen LogP contribution in [-0.4, -0.2) is 29.8 Å². The zero-order valence-electron chi connectivity index (χ0n) is 8.72. The number of hydrogen-bond donors (Lipinski definition) is 1. The summed E-state index contributed by atoms with van der Waals surface area (Å²) < 4.78 is 0. The molecule has 1 aromatic heterocycles. The van der Waals surface area contributed by atoms with E-state index in [0.29, 0.717) is 12.5 Å². The Hall–Kier alpha value is -0.610. The van der Waals surface area contributed by atoms with E-state index < -0.39 is 0 Å². The Kier molecular flexibility index (Phi) is 2.41. The molecule has 1 aliphatic carbocycles. The Bertz CT molecular complexity index is 348. The zero-order chi connectivity index (χ0) is 10.3. The molecule has 1 saturated heterocycles. The van der Waals surface area contributed by atoms with E-state index >= 15 is 0 Å². The summed E-state index contributed by atoms with van der Waals surface area (Å²) in [5, 5.41) is 12.5. The SMILES string of the molecule is OCC1CCN(c2nc(C3CC3)cs2)C1. The third kappa shape index (κ3) is 1.88. The molecule has 2 fully saturated rings. The predicted octanol–water partition coefficient (Wildman–Crippen LogP) is 1.84. The van der Waals surface area contributed by atoms with Gasteiger partial charge >= 0.3 is 0 Å². The highest BCUT2D eigenvalue weighted by Gasteiger charge is 2.28. The second kappa shape index (κ2) is 3.76. The van der Waals surface area contributed by atoms with Crippen molar-refractivity contribution >= 4 is 16.5 Å². The maximum absolute atomic E-state index is 9.09. The Balaban J connectivity index is 1.70. The minimum Gasteiger partial charge on any atom is -0.396 e. The summed E-state index contributed by atoms with van der Waals surface area (Å²) in [6, 6.07) is 0. The molecule has 1 unspecified atom stereocenters. The number of nitrogens with zero attached hydrogens (tertiary/aromatic N) is 2. The summed E-state index contributed by atoms with van der Waals surface area (Å²) in [7, 11) is 0. The first-order valence-electron chi connectivity index (χ1n) is 5.68. The Morgan fingerprint density at radius 2 is 2.33 bits per heavy atom. The van der Waals surface area contributed by atoms with Crippen LogP contribution in [-0.2, 0) is 0 Å². The van der Waals surface area contributed by atoms with Gasteiger partial charge in [0.2, 0.25) is 0 Å². The third-order valence-corrected chi connectivity index (χ3v) is 4.24. The number of thiazole rings is 1. The van der Waals surface area contributed by atoms with Gasteiger partial charge in [0.1, 0.15) is 0 Å². The first-order valence-corrected chi connectivity index (χ1v) is 6.56. The van der Waals surface area contributed by atoms with Gasteiger partial charge in [-0.1, -0.05) is 0 Å². The van der Waals surface area contributed by atoms with Crippen LogP contribution in [0.1, 0.15) is 30.9 Å². The topological polar surface area (TPSA) is 36.4 Å². The standard InChI is InChI=1S/C11H16N2OS/c14-6-8-3-4-13(5-8)11-12-10(7-15-11)9-1-2-9/h7-9,14H,1-6H2. The lowest BCUT2D eigenvalue weighted by molar-refractivity contribution is 0.238. The van der Waals surface area contributed by atoms with Gasteiger partial charge in [-0.2, -0.15) is 0 Å². The molecule has 1 aromatic rings. The number of aliphatic hydroxyl groups is 1. The van der Waals surface area contributed by atoms with Gasteiger partial charge in [0, 0.05) is 36.9 Å². The van der Waals surface area contributed by atoms with E-state index in [-0.39, 0.29) is 0 Å². The summed E-state index contributed by atoms with van der Waals surface area (Å²) >= 11 is 1.76. The molecule has 1 aliphatic heterocycles. The maximum Gasteiger partial charge on any atom is 0.185 e. The van der Waals surface area contributed by atoms with Crippen molar-refractivity contribution < 1.29 is 5.11 Å². The van der Waals surface area contributed by atoms with Gasteiger partial charge in [-0.3, -0.25) is 0 Å². The molecule has 2 heterocycles. The molecule has 1 N–H and O–H groups in total. The molecule has 15 heavy (non-hydrogen) atoms. The van der Waals surface area contributed by atoms with Crippen LogP contribution in [0.3, 0.4) is 0 Å².